The Bertz CT molecular complexity index is 1310. The zero-order valence-corrected chi connectivity index (χ0v) is 19.8. The maximum atomic E-state index is 13.6. The van der Waals surface area contributed by atoms with Crippen molar-refractivity contribution in [1.82, 2.24) is 0 Å². The van der Waals surface area contributed by atoms with E-state index in [1.165, 1.54) is 24.3 Å². The third-order valence-corrected chi connectivity index (χ3v) is 7.24. The number of benzene rings is 1. The van der Waals surface area contributed by atoms with Crippen molar-refractivity contribution >= 4 is 23.1 Å². The van der Waals surface area contributed by atoms with Crippen LogP contribution in [0.1, 0.15) is 45.3 Å². The average Bonchev–Trinajstić information content (AvgIpc) is 2.83. The second-order valence-corrected chi connectivity index (χ2v) is 9.86. The van der Waals surface area contributed by atoms with Gasteiger partial charge >= 0.3 is 0 Å². The van der Waals surface area contributed by atoms with Crippen LogP contribution in [0.25, 0.3) is 0 Å². The minimum atomic E-state index is -0.852. The maximum Gasteiger partial charge on any atom is 0.232 e. The molecule has 0 saturated heterocycles. The normalized spacial score (nSPS) is 25.4. The molecule has 2 aliphatic heterocycles. The Balaban J connectivity index is 1.67. The highest BCUT2D eigenvalue weighted by atomic mass is 19.1. The topological polar surface area (TPSA) is 86.7 Å². The van der Waals surface area contributed by atoms with Crippen molar-refractivity contribution in [3.8, 4) is 0 Å². The number of Topliss-reactive ketones (excluding diaryl/α,β-unsaturated/α-hetero) is 2. The molecule has 0 fully saturated rings. The van der Waals surface area contributed by atoms with Crippen molar-refractivity contribution in [2.45, 2.75) is 45.8 Å². The molecule has 0 spiro atoms. The third-order valence-electron chi connectivity index (χ3n) is 7.24. The Morgan fingerprint density at radius 3 is 2.20 bits per heavy atom. The molecular weight excluding hydrogens is 451 g/mol. The first-order chi connectivity index (χ1) is 16.6. The van der Waals surface area contributed by atoms with Crippen LogP contribution < -0.4 is 0 Å². The molecule has 5 rings (SSSR count). The first kappa shape index (κ1) is 23.5. The molecule has 0 bridgehead atoms. The van der Waals surface area contributed by atoms with Crippen LogP contribution in [0.15, 0.2) is 69.9 Å². The lowest BCUT2D eigenvalue weighted by Crippen LogP contribution is -2.38. The lowest BCUT2D eigenvalue weighted by molar-refractivity contribution is -0.133. The third kappa shape index (κ3) is 3.79. The summed E-state index contributed by atoms with van der Waals surface area (Å²) in [7, 11) is 0. The molecule has 0 radical (unpaired) electrons. The molecule has 35 heavy (non-hydrogen) atoms. The van der Waals surface area contributed by atoms with Gasteiger partial charge in [0.05, 0.1) is 19.3 Å². The predicted octanol–water partition coefficient (Wildman–Crippen LogP) is 3.87. The van der Waals surface area contributed by atoms with Gasteiger partial charge in [0.1, 0.15) is 11.9 Å². The molecule has 2 heterocycles. The van der Waals surface area contributed by atoms with Gasteiger partial charge in [0.15, 0.2) is 0 Å². The Morgan fingerprint density at radius 2 is 1.51 bits per heavy atom. The Labute approximate surface area is 202 Å². The molecular formula is C28H25FO6. The Kier molecular flexibility index (Phi) is 5.65. The highest BCUT2D eigenvalue weighted by Crippen LogP contribution is 2.51. The SMILES string of the molecule is CC1CC2=C(C(=O)C(=O)C=C2C(C)(C)C2=CC(=O)C(=O)C3=C2CCOC3)[C@@H](c2ccc(F)cc2)O1. The summed E-state index contributed by atoms with van der Waals surface area (Å²) < 4.78 is 25.1. The number of halogens is 1. The van der Waals surface area contributed by atoms with Crippen LogP contribution in [0.4, 0.5) is 4.39 Å². The van der Waals surface area contributed by atoms with E-state index in [2.05, 4.69) is 0 Å². The number of ether oxygens (including phenoxy) is 2. The molecule has 0 amide bonds. The Hall–Kier alpha value is -3.29. The summed E-state index contributed by atoms with van der Waals surface area (Å²) in [5.41, 5.74) is 3.12. The predicted molar refractivity (Wildman–Crippen MR) is 124 cm³/mol. The van der Waals surface area contributed by atoms with E-state index in [9.17, 15) is 23.6 Å². The fraction of sp³-hybridized carbons (Fsp3) is 0.357. The molecule has 0 aromatic heterocycles. The van der Waals surface area contributed by atoms with E-state index < -0.39 is 40.5 Å². The van der Waals surface area contributed by atoms with Gasteiger partial charge in [-0.1, -0.05) is 26.0 Å². The fourth-order valence-corrected chi connectivity index (χ4v) is 5.49. The van der Waals surface area contributed by atoms with Gasteiger partial charge in [-0.05, 0) is 71.9 Å². The lowest BCUT2D eigenvalue weighted by Gasteiger charge is -2.42. The number of carbonyl (C=O) groups excluding carboxylic acids is 4. The summed E-state index contributed by atoms with van der Waals surface area (Å²) in [6, 6.07) is 5.69. The van der Waals surface area contributed by atoms with Gasteiger partial charge in [-0.15, -0.1) is 0 Å². The summed E-state index contributed by atoms with van der Waals surface area (Å²) in [6.07, 6.45) is 2.53. The van der Waals surface area contributed by atoms with E-state index >= 15 is 0 Å². The summed E-state index contributed by atoms with van der Waals surface area (Å²) in [5.74, 6) is -2.90. The Morgan fingerprint density at radius 1 is 0.886 bits per heavy atom. The highest BCUT2D eigenvalue weighted by molar-refractivity contribution is 6.49. The quantitative estimate of drug-likeness (QED) is 0.486. The molecule has 6 nitrogen and oxygen atoms in total. The molecule has 4 aliphatic rings. The van der Waals surface area contributed by atoms with Gasteiger partial charge in [-0.2, -0.15) is 0 Å². The van der Waals surface area contributed by atoms with Crippen LogP contribution in [0.5, 0.6) is 0 Å². The first-order valence-corrected chi connectivity index (χ1v) is 11.7. The second kappa shape index (κ2) is 8.43. The van der Waals surface area contributed by atoms with Crippen LogP contribution in [-0.2, 0) is 28.7 Å². The average molecular weight is 477 g/mol. The van der Waals surface area contributed by atoms with Crippen molar-refractivity contribution in [1.29, 1.82) is 0 Å². The zero-order chi connectivity index (χ0) is 25.1. The number of allylic oxidation sites excluding steroid dienone is 4. The lowest BCUT2D eigenvalue weighted by atomic mass is 9.64. The molecule has 0 N–H and O–H groups in total. The van der Waals surface area contributed by atoms with E-state index in [1.54, 1.807) is 12.1 Å². The summed E-state index contributed by atoms with van der Waals surface area (Å²) in [6.45, 7) is 6.18. The minimum Gasteiger partial charge on any atom is -0.376 e. The second-order valence-electron chi connectivity index (χ2n) is 9.86. The van der Waals surface area contributed by atoms with Crippen LogP contribution in [-0.4, -0.2) is 42.5 Å². The van der Waals surface area contributed by atoms with Crippen LogP contribution >= 0.6 is 0 Å². The smallest absolute Gasteiger partial charge is 0.232 e. The monoisotopic (exact) mass is 476 g/mol. The van der Waals surface area contributed by atoms with Gasteiger partial charge in [0.25, 0.3) is 0 Å². The van der Waals surface area contributed by atoms with Crippen LogP contribution in [0.3, 0.4) is 0 Å². The van der Waals surface area contributed by atoms with Gasteiger partial charge in [-0.3, -0.25) is 19.2 Å². The number of rotatable bonds is 3. The van der Waals surface area contributed by atoms with Crippen molar-refractivity contribution in [2.75, 3.05) is 13.2 Å². The van der Waals surface area contributed by atoms with E-state index in [1.807, 2.05) is 20.8 Å². The summed E-state index contributed by atoms with van der Waals surface area (Å²) >= 11 is 0. The van der Waals surface area contributed by atoms with Gasteiger partial charge < -0.3 is 9.47 Å². The van der Waals surface area contributed by atoms with E-state index in [4.69, 9.17) is 9.47 Å². The van der Waals surface area contributed by atoms with Crippen molar-refractivity contribution in [2.24, 2.45) is 5.41 Å². The molecule has 180 valence electrons. The molecule has 1 unspecified atom stereocenters. The van der Waals surface area contributed by atoms with Gasteiger partial charge in [0, 0.05) is 16.6 Å². The largest absolute Gasteiger partial charge is 0.376 e. The van der Waals surface area contributed by atoms with Crippen molar-refractivity contribution in [3.05, 3.63) is 81.2 Å². The molecule has 2 atom stereocenters. The van der Waals surface area contributed by atoms with E-state index in [0.717, 1.165) is 5.57 Å². The number of carbonyl (C=O) groups is 4. The fourth-order valence-electron chi connectivity index (χ4n) is 5.49. The first-order valence-electron chi connectivity index (χ1n) is 11.7. The van der Waals surface area contributed by atoms with Crippen molar-refractivity contribution < 1.29 is 33.0 Å². The highest BCUT2D eigenvalue weighted by Gasteiger charge is 2.45. The zero-order valence-electron chi connectivity index (χ0n) is 19.8. The standard InChI is InChI=1S/C28H25FO6/c1-14-10-18-21(28(2,3)20-11-22(30)25(32)19-13-34-9-8-17(19)20)12-23(31)26(33)24(18)27(35-14)15-4-6-16(29)7-5-15/h4-7,11-12,14,27H,8-10,13H2,1-3H3/t14?,27-/m1/s1. The van der Waals surface area contributed by atoms with Crippen LogP contribution in [0.2, 0.25) is 0 Å². The molecule has 2 aliphatic carbocycles. The maximum absolute atomic E-state index is 13.6. The van der Waals surface area contributed by atoms with Crippen molar-refractivity contribution in [3.63, 3.8) is 0 Å². The number of hydrogen-bond acceptors (Lipinski definition) is 6. The van der Waals surface area contributed by atoms with Gasteiger partial charge in [-0.25, -0.2) is 4.39 Å². The van der Waals surface area contributed by atoms with E-state index in [0.29, 0.717) is 47.3 Å². The molecule has 1 aromatic carbocycles. The summed E-state index contributed by atoms with van der Waals surface area (Å²) in [5, 5.41) is 0. The van der Waals surface area contributed by atoms with E-state index in [-0.39, 0.29) is 18.3 Å². The minimum absolute atomic E-state index is 0.0786. The van der Waals surface area contributed by atoms with Crippen LogP contribution in [0, 0.1) is 11.2 Å². The molecule has 7 heteroatoms. The number of hydrogen-bond donors (Lipinski definition) is 0. The molecule has 1 aromatic rings. The number of ketones is 4. The molecule has 0 saturated carbocycles. The summed E-state index contributed by atoms with van der Waals surface area (Å²) in [4.78, 5) is 51.2. The van der Waals surface area contributed by atoms with Gasteiger partial charge in [0.2, 0.25) is 23.1 Å².